The van der Waals surface area contributed by atoms with Gasteiger partial charge in [0, 0.05) is 12.7 Å². The van der Waals surface area contributed by atoms with E-state index in [-0.39, 0.29) is 6.04 Å². The fourth-order valence-corrected chi connectivity index (χ4v) is 1.32. The molecule has 1 unspecified atom stereocenters. The van der Waals surface area contributed by atoms with Crippen molar-refractivity contribution in [1.82, 2.24) is 0 Å². The summed E-state index contributed by atoms with van der Waals surface area (Å²) in [4.78, 5) is 12.7. The van der Waals surface area contributed by atoms with Gasteiger partial charge in [0.25, 0.3) is 0 Å². The first-order valence-electron chi connectivity index (χ1n) is 4.52. The maximum atomic E-state index is 10.7. The van der Waals surface area contributed by atoms with Gasteiger partial charge in [-0.3, -0.25) is 0 Å². The van der Waals surface area contributed by atoms with Gasteiger partial charge in [-0.25, -0.2) is 0 Å². The number of nitrogens with zero attached hydrogens (tertiary/aromatic N) is 1. The largest absolute Gasteiger partial charge is 0.365 e. The minimum Gasteiger partial charge on any atom is -0.365 e. The highest BCUT2D eigenvalue weighted by molar-refractivity contribution is 5.65. The van der Waals surface area contributed by atoms with Crippen LogP contribution in [0.4, 0.5) is 5.69 Å². The van der Waals surface area contributed by atoms with E-state index >= 15 is 0 Å². The number of carbonyl (C=O) groups is 1. The van der Waals surface area contributed by atoms with Gasteiger partial charge in [0.1, 0.15) is 6.29 Å². The molecule has 0 amide bonds. The number of aldehydes is 1. The monoisotopic (exact) mass is 177 g/mol. The third-order valence-corrected chi connectivity index (χ3v) is 2.24. The standard InChI is InChI=1S/C11H15NO/c1-3-10(9-13)12(2)11-7-5-4-6-8-11/h4-10H,3H2,1-2H3. The maximum Gasteiger partial charge on any atom is 0.142 e. The van der Waals surface area contributed by atoms with Crippen molar-refractivity contribution in [1.29, 1.82) is 0 Å². The third-order valence-electron chi connectivity index (χ3n) is 2.24. The molecule has 1 atom stereocenters. The number of anilines is 1. The number of rotatable bonds is 4. The summed E-state index contributed by atoms with van der Waals surface area (Å²) in [6, 6.07) is 9.92. The zero-order chi connectivity index (χ0) is 9.68. The van der Waals surface area contributed by atoms with Crippen molar-refractivity contribution in [2.75, 3.05) is 11.9 Å². The zero-order valence-corrected chi connectivity index (χ0v) is 8.10. The summed E-state index contributed by atoms with van der Waals surface area (Å²) < 4.78 is 0. The molecule has 0 N–H and O–H groups in total. The van der Waals surface area contributed by atoms with Crippen molar-refractivity contribution in [3.63, 3.8) is 0 Å². The lowest BCUT2D eigenvalue weighted by molar-refractivity contribution is -0.108. The van der Waals surface area contributed by atoms with E-state index in [2.05, 4.69) is 0 Å². The molecule has 70 valence electrons. The van der Waals surface area contributed by atoms with Crippen LogP contribution in [-0.2, 0) is 4.79 Å². The van der Waals surface area contributed by atoms with E-state index < -0.39 is 0 Å². The summed E-state index contributed by atoms with van der Waals surface area (Å²) >= 11 is 0. The molecule has 1 aromatic carbocycles. The number of hydrogen-bond acceptors (Lipinski definition) is 2. The molecule has 2 heteroatoms. The molecule has 1 aromatic rings. The van der Waals surface area contributed by atoms with Crippen LogP contribution in [-0.4, -0.2) is 19.4 Å². The van der Waals surface area contributed by atoms with E-state index in [1.807, 2.05) is 49.2 Å². The van der Waals surface area contributed by atoms with Gasteiger partial charge in [-0.05, 0) is 18.6 Å². The third kappa shape index (κ3) is 2.31. The highest BCUT2D eigenvalue weighted by atomic mass is 16.1. The number of benzene rings is 1. The van der Waals surface area contributed by atoms with Crippen molar-refractivity contribution in [3.8, 4) is 0 Å². The topological polar surface area (TPSA) is 20.3 Å². The van der Waals surface area contributed by atoms with Crippen LogP contribution in [0.15, 0.2) is 30.3 Å². The average molecular weight is 177 g/mol. The normalized spacial score (nSPS) is 12.2. The lowest BCUT2D eigenvalue weighted by atomic mass is 10.2. The van der Waals surface area contributed by atoms with Crippen molar-refractivity contribution in [2.24, 2.45) is 0 Å². The number of likely N-dealkylation sites (N-methyl/N-ethyl adjacent to an activating group) is 1. The Bertz CT molecular complexity index is 258. The minimum absolute atomic E-state index is 0.0117. The molecule has 0 aromatic heterocycles. The van der Waals surface area contributed by atoms with Crippen LogP contribution < -0.4 is 4.90 Å². The molecular formula is C11H15NO. The quantitative estimate of drug-likeness (QED) is 0.656. The van der Waals surface area contributed by atoms with Crippen molar-refractivity contribution in [3.05, 3.63) is 30.3 Å². The highest BCUT2D eigenvalue weighted by Gasteiger charge is 2.10. The maximum absolute atomic E-state index is 10.7. The van der Waals surface area contributed by atoms with Gasteiger partial charge in [0.15, 0.2) is 0 Å². The smallest absolute Gasteiger partial charge is 0.142 e. The van der Waals surface area contributed by atoms with Gasteiger partial charge in [0.05, 0.1) is 6.04 Å². The van der Waals surface area contributed by atoms with Gasteiger partial charge in [-0.15, -0.1) is 0 Å². The molecule has 1 rings (SSSR count). The predicted octanol–water partition coefficient (Wildman–Crippen LogP) is 2.10. The van der Waals surface area contributed by atoms with E-state index in [4.69, 9.17) is 0 Å². The SMILES string of the molecule is CCC(C=O)N(C)c1ccccc1. The van der Waals surface area contributed by atoms with Crippen molar-refractivity contribution < 1.29 is 4.79 Å². The van der Waals surface area contributed by atoms with Gasteiger partial charge >= 0.3 is 0 Å². The first-order chi connectivity index (χ1) is 6.29. The van der Waals surface area contributed by atoms with Crippen LogP contribution in [0.2, 0.25) is 0 Å². The molecule has 0 saturated heterocycles. The van der Waals surface area contributed by atoms with Crippen LogP contribution >= 0.6 is 0 Å². The Morgan fingerprint density at radius 3 is 2.46 bits per heavy atom. The highest BCUT2D eigenvalue weighted by Crippen LogP contribution is 2.14. The Morgan fingerprint density at radius 1 is 1.38 bits per heavy atom. The Balaban J connectivity index is 2.77. The Morgan fingerprint density at radius 2 is 2.00 bits per heavy atom. The second-order valence-corrected chi connectivity index (χ2v) is 3.06. The molecule has 0 radical (unpaired) electrons. The average Bonchev–Trinajstić information content (AvgIpc) is 2.21. The first-order valence-corrected chi connectivity index (χ1v) is 4.52. The van der Waals surface area contributed by atoms with E-state index in [0.717, 1.165) is 18.4 Å². The van der Waals surface area contributed by atoms with Crippen LogP contribution in [0.1, 0.15) is 13.3 Å². The minimum atomic E-state index is -0.0117. The molecule has 0 bridgehead atoms. The molecular weight excluding hydrogens is 162 g/mol. The summed E-state index contributed by atoms with van der Waals surface area (Å²) in [6.07, 6.45) is 1.84. The Hall–Kier alpha value is -1.31. The summed E-state index contributed by atoms with van der Waals surface area (Å²) in [6.45, 7) is 2.01. The molecule has 0 aliphatic heterocycles. The van der Waals surface area contributed by atoms with Gasteiger partial charge in [-0.1, -0.05) is 25.1 Å². The van der Waals surface area contributed by atoms with Crippen LogP contribution in [0.3, 0.4) is 0 Å². The fourth-order valence-electron chi connectivity index (χ4n) is 1.32. The molecule has 0 heterocycles. The second kappa shape index (κ2) is 4.65. The summed E-state index contributed by atoms with van der Waals surface area (Å²) in [5.41, 5.74) is 1.08. The molecule has 0 aliphatic carbocycles. The predicted molar refractivity (Wildman–Crippen MR) is 55.0 cm³/mol. The van der Waals surface area contributed by atoms with Crippen LogP contribution in [0, 0.1) is 0 Å². The molecule has 2 nitrogen and oxygen atoms in total. The summed E-state index contributed by atoms with van der Waals surface area (Å²) in [5, 5.41) is 0. The first kappa shape index (κ1) is 9.78. The van der Waals surface area contributed by atoms with Crippen molar-refractivity contribution >= 4 is 12.0 Å². The van der Waals surface area contributed by atoms with Crippen LogP contribution in [0.25, 0.3) is 0 Å². The number of carbonyl (C=O) groups excluding carboxylic acids is 1. The van der Waals surface area contributed by atoms with Crippen molar-refractivity contribution in [2.45, 2.75) is 19.4 Å². The zero-order valence-electron chi connectivity index (χ0n) is 8.10. The van der Waals surface area contributed by atoms with Gasteiger partial charge in [-0.2, -0.15) is 0 Å². The Labute approximate surface area is 79.2 Å². The van der Waals surface area contributed by atoms with E-state index in [1.54, 1.807) is 0 Å². The van der Waals surface area contributed by atoms with Gasteiger partial charge in [0.2, 0.25) is 0 Å². The molecule has 13 heavy (non-hydrogen) atoms. The van der Waals surface area contributed by atoms with E-state index in [0.29, 0.717) is 0 Å². The number of para-hydroxylation sites is 1. The van der Waals surface area contributed by atoms with E-state index in [1.165, 1.54) is 0 Å². The molecule has 0 spiro atoms. The fraction of sp³-hybridized carbons (Fsp3) is 0.364. The summed E-state index contributed by atoms with van der Waals surface area (Å²) in [5.74, 6) is 0. The summed E-state index contributed by atoms with van der Waals surface area (Å²) in [7, 11) is 1.94. The van der Waals surface area contributed by atoms with Gasteiger partial charge < -0.3 is 9.69 Å². The lowest BCUT2D eigenvalue weighted by Gasteiger charge is -2.24. The molecule has 0 saturated carbocycles. The number of hydrogen-bond donors (Lipinski definition) is 0. The Kier molecular flexibility index (Phi) is 3.50. The molecule has 0 aliphatic rings. The van der Waals surface area contributed by atoms with Crippen LogP contribution in [0.5, 0.6) is 0 Å². The second-order valence-electron chi connectivity index (χ2n) is 3.06. The van der Waals surface area contributed by atoms with E-state index in [9.17, 15) is 4.79 Å². The molecule has 0 fully saturated rings. The lowest BCUT2D eigenvalue weighted by Crippen LogP contribution is -2.32.